The van der Waals surface area contributed by atoms with Crippen molar-refractivity contribution in [2.45, 2.75) is 151 Å². The molecule has 2 nitrogen and oxygen atoms in total. The molecule has 0 saturated heterocycles. The van der Waals surface area contributed by atoms with Crippen LogP contribution in [0.5, 0.6) is 0 Å². The maximum atomic E-state index is 4.11. The molecule has 0 saturated carbocycles. The SMILES string of the molecule is Cc1cc(C)cc(-n2c(C#C[Si](C(C)C)(C(C)C)C(C)C)c(C#C[Si](C(C)C)(C(C)C)C(C)C)[n+](-c3cc(C)cc(C)c3)c2C)c1. The number of rotatable bonds is 8. The van der Waals surface area contributed by atoms with Crippen LogP contribution in [-0.4, -0.2) is 20.7 Å². The summed E-state index contributed by atoms with van der Waals surface area (Å²) in [6.45, 7) is 39.9. The molecule has 1 heterocycles. The fourth-order valence-corrected chi connectivity index (χ4v) is 19.3. The molecular formula is C42H63N2Si2+. The first-order valence-corrected chi connectivity index (χ1v) is 22.2. The van der Waals surface area contributed by atoms with E-state index in [9.17, 15) is 0 Å². The lowest BCUT2D eigenvalue weighted by molar-refractivity contribution is -0.604. The van der Waals surface area contributed by atoms with E-state index in [-0.39, 0.29) is 0 Å². The molecule has 248 valence electrons. The number of benzene rings is 2. The Morgan fingerprint density at radius 3 is 1.22 bits per heavy atom. The van der Waals surface area contributed by atoms with Crippen LogP contribution in [0.3, 0.4) is 0 Å². The number of nitrogens with zero attached hydrogens (tertiary/aromatic N) is 2. The van der Waals surface area contributed by atoms with Gasteiger partial charge in [0.15, 0.2) is 0 Å². The van der Waals surface area contributed by atoms with Gasteiger partial charge in [0.1, 0.15) is 27.5 Å². The third kappa shape index (κ3) is 7.05. The molecule has 0 fully saturated rings. The zero-order chi connectivity index (χ0) is 34.9. The van der Waals surface area contributed by atoms with Gasteiger partial charge in [-0.3, -0.25) is 0 Å². The summed E-state index contributed by atoms with van der Waals surface area (Å²) in [6, 6.07) is 13.7. The van der Waals surface area contributed by atoms with Crippen molar-refractivity contribution >= 4 is 16.1 Å². The Labute approximate surface area is 285 Å². The van der Waals surface area contributed by atoms with Gasteiger partial charge in [-0.1, -0.05) is 95.2 Å². The van der Waals surface area contributed by atoms with Crippen LogP contribution >= 0.6 is 0 Å². The second kappa shape index (κ2) is 14.5. The molecule has 0 aliphatic rings. The number of aromatic nitrogens is 2. The van der Waals surface area contributed by atoms with E-state index in [0.717, 1.165) is 28.6 Å². The van der Waals surface area contributed by atoms with Crippen LogP contribution in [-0.2, 0) is 0 Å². The zero-order valence-corrected chi connectivity index (χ0v) is 34.3. The number of aryl methyl sites for hydroxylation is 4. The lowest BCUT2D eigenvalue weighted by atomic mass is 10.1. The molecule has 4 heteroatoms. The fraction of sp³-hybridized carbons (Fsp3) is 0.548. The van der Waals surface area contributed by atoms with Crippen LogP contribution in [0.15, 0.2) is 36.4 Å². The van der Waals surface area contributed by atoms with Crippen LogP contribution in [0.25, 0.3) is 11.4 Å². The zero-order valence-electron chi connectivity index (χ0n) is 32.3. The normalized spacial score (nSPS) is 12.4. The van der Waals surface area contributed by atoms with Crippen LogP contribution < -0.4 is 4.57 Å². The fourth-order valence-electron chi connectivity index (χ4n) is 8.86. The van der Waals surface area contributed by atoms with E-state index in [1.807, 2.05) is 0 Å². The quantitative estimate of drug-likeness (QED) is 0.130. The molecule has 46 heavy (non-hydrogen) atoms. The molecule has 2 aromatic carbocycles. The Hall–Kier alpha value is -2.80. The number of imidazole rings is 1. The van der Waals surface area contributed by atoms with Gasteiger partial charge >= 0.3 is 0 Å². The average Bonchev–Trinajstić information content (AvgIpc) is 3.17. The molecule has 3 aromatic rings. The Kier molecular flexibility index (Phi) is 11.9. The smallest absolute Gasteiger partial charge is 0.184 e. The summed E-state index contributed by atoms with van der Waals surface area (Å²) in [6.07, 6.45) is 0. The average molecular weight is 652 g/mol. The minimum atomic E-state index is -2.02. The summed E-state index contributed by atoms with van der Waals surface area (Å²) >= 11 is 0. The summed E-state index contributed by atoms with van der Waals surface area (Å²) in [5.41, 5.74) is 20.9. The standard InChI is InChI=1S/C42H63N2Si2/c1-28(2)45(29(3)4,30(5)6)20-18-41-42(19-21-46(31(7)8,32(9)10)33(11)12)44(40-26-36(15)23-37(16)27-40)38(17)43(41)39-24-34(13)22-35(14)25-39/h22-33H,1-17H3/q+1. The summed E-state index contributed by atoms with van der Waals surface area (Å²) in [4.78, 5) is 0. The van der Waals surface area contributed by atoms with E-state index >= 15 is 0 Å². The maximum Gasteiger partial charge on any atom is 0.265 e. The van der Waals surface area contributed by atoms with Gasteiger partial charge < -0.3 is 0 Å². The largest absolute Gasteiger partial charge is 0.265 e. The van der Waals surface area contributed by atoms with Crippen molar-refractivity contribution in [2.24, 2.45) is 0 Å². The van der Waals surface area contributed by atoms with Crippen molar-refractivity contribution in [3.05, 3.63) is 75.9 Å². The van der Waals surface area contributed by atoms with Crippen molar-refractivity contribution in [1.29, 1.82) is 0 Å². The first-order chi connectivity index (χ1) is 21.3. The van der Waals surface area contributed by atoms with Crippen LogP contribution in [0.2, 0.25) is 33.2 Å². The van der Waals surface area contributed by atoms with Crippen molar-refractivity contribution in [2.75, 3.05) is 0 Å². The van der Waals surface area contributed by atoms with Gasteiger partial charge in [0.2, 0.25) is 11.4 Å². The van der Waals surface area contributed by atoms with Crippen LogP contribution in [0, 0.1) is 57.5 Å². The minimum Gasteiger partial charge on any atom is -0.184 e. The van der Waals surface area contributed by atoms with Gasteiger partial charge in [0.05, 0.1) is 0 Å². The first-order valence-electron chi connectivity index (χ1n) is 17.7. The summed E-state index contributed by atoms with van der Waals surface area (Å²) in [5, 5.41) is 0. The summed E-state index contributed by atoms with van der Waals surface area (Å²) in [5.74, 6) is 9.05. The first kappa shape index (κ1) is 37.7. The Bertz CT molecular complexity index is 1470. The topological polar surface area (TPSA) is 8.81 Å². The Morgan fingerprint density at radius 2 is 0.848 bits per heavy atom. The maximum absolute atomic E-state index is 4.11. The highest BCUT2D eigenvalue weighted by Crippen LogP contribution is 2.42. The van der Waals surface area contributed by atoms with E-state index in [4.69, 9.17) is 0 Å². The molecule has 0 radical (unpaired) electrons. The van der Waals surface area contributed by atoms with Crippen molar-refractivity contribution in [3.8, 4) is 34.3 Å². The van der Waals surface area contributed by atoms with Gasteiger partial charge in [-0.05, 0) is 119 Å². The summed E-state index contributed by atoms with van der Waals surface area (Å²) in [7, 11) is -4.04. The lowest BCUT2D eigenvalue weighted by Crippen LogP contribution is -2.43. The second-order valence-corrected chi connectivity index (χ2v) is 27.1. The van der Waals surface area contributed by atoms with Crippen molar-refractivity contribution in [3.63, 3.8) is 0 Å². The van der Waals surface area contributed by atoms with Gasteiger partial charge in [0, 0.05) is 6.92 Å². The molecular weight excluding hydrogens is 589 g/mol. The minimum absolute atomic E-state index is 0.551. The molecule has 0 amide bonds. The van der Waals surface area contributed by atoms with Gasteiger partial charge in [-0.15, -0.1) is 11.1 Å². The predicted molar refractivity (Wildman–Crippen MR) is 207 cm³/mol. The van der Waals surface area contributed by atoms with E-state index < -0.39 is 16.1 Å². The van der Waals surface area contributed by atoms with Crippen molar-refractivity contribution < 1.29 is 4.57 Å². The van der Waals surface area contributed by atoms with E-state index in [0.29, 0.717) is 33.2 Å². The van der Waals surface area contributed by atoms with Gasteiger partial charge in [0.25, 0.3) is 5.82 Å². The monoisotopic (exact) mass is 651 g/mol. The predicted octanol–water partition coefficient (Wildman–Crippen LogP) is 11.4. The molecule has 0 atom stereocenters. The molecule has 0 bridgehead atoms. The highest BCUT2D eigenvalue weighted by Gasteiger charge is 2.43. The lowest BCUT2D eigenvalue weighted by Gasteiger charge is -2.38. The third-order valence-electron chi connectivity index (χ3n) is 10.8. The summed E-state index contributed by atoms with van der Waals surface area (Å²) < 4.78 is 4.83. The van der Waals surface area contributed by atoms with E-state index in [1.165, 1.54) is 22.3 Å². The number of hydrogen-bond donors (Lipinski definition) is 0. The Balaban J connectivity index is 2.69. The molecule has 1 aromatic heterocycles. The highest BCUT2D eigenvalue weighted by atomic mass is 28.3. The third-order valence-corrected chi connectivity index (χ3v) is 23.4. The van der Waals surface area contributed by atoms with E-state index in [1.54, 1.807) is 0 Å². The Morgan fingerprint density at radius 1 is 0.500 bits per heavy atom. The molecule has 0 N–H and O–H groups in total. The highest BCUT2D eigenvalue weighted by molar-refractivity contribution is 6.91. The molecule has 0 aliphatic heterocycles. The number of hydrogen-bond acceptors (Lipinski definition) is 0. The van der Waals surface area contributed by atoms with E-state index in [2.05, 4.69) is 186 Å². The van der Waals surface area contributed by atoms with Crippen LogP contribution in [0.4, 0.5) is 0 Å². The van der Waals surface area contributed by atoms with Gasteiger partial charge in [-0.2, -0.15) is 9.13 Å². The molecule has 3 rings (SSSR count). The van der Waals surface area contributed by atoms with Gasteiger partial charge in [-0.25, -0.2) is 0 Å². The van der Waals surface area contributed by atoms with Crippen molar-refractivity contribution in [1.82, 2.24) is 4.57 Å². The van der Waals surface area contributed by atoms with Crippen LogP contribution in [0.1, 0.15) is 123 Å². The second-order valence-electron chi connectivity index (χ2n) is 15.9. The molecule has 0 aliphatic carbocycles. The molecule has 0 unspecified atom stereocenters. The molecule has 0 spiro atoms.